The van der Waals surface area contributed by atoms with E-state index in [2.05, 4.69) is 23.5 Å². The number of rotatable bonds is 2. The number of hydrogen-bond donors (Lipinski definition) is 1. The van der Waals surface area contributed by atoms with Gasteiger partial charge in [-0.05, 0) is 18.8 Å². The minimum Gasteiger partial charge on any atom is -0.326 e. The molecule has 2 aliphatic rings. The van der Waals surface area contributed by atoms with Crippen LogP contribution in [0.5, 0.6) is 0 Å². The summed E-state index contributed by atoms with van der Waals surface area (Å²) in [6, 6.07) is 0.486. The summed E-state index contributed by atoms with van der Waals surface area (Å²) < 4.78 is 0. The summed E-state index contributed by atoms with van der Waals surface area (Å²) >= 11 is 4.20. The first-order chi connectivity index (χ1) is 6.38. The van der Waals surface area contributed by atoms with Gasteiger partial charge >= 0.3 is 0 Å². The molecule has 2 N–H and O–H groups in total. The van der Waals surface area contributed by atoms with E-state index in [-0.39, 0.29) is 0 Å². The van der Waals surface area contributed by atoms with Crippen molar-refractivity contribution in [2.24, 2.45) is 11.7 Å². The zero-order chi connectivity index (χ0) is 9.10. The summed E-state index contributed by atoms with van der Waals surface area (Å²) in [5.74, 6) is 4.78. The van der Waals surface area contributed by atoms with Gasteiger partial charge in [-0.3, -0.25) is 0 Å². The minimum absolute atomic E-state index is 0.486. The van der Waals surface area contributed by atoms with E-state index >= 15 is 0 Å². The molecule has 1 saturated carbocycles. The number of thioether (sulfide) groups is 2. The molecule has 2 unspecified atom stereocenters. The standard InChI is InChI=1S/C10H19NS2/c11-10(8-3-1-2-4-8)9-7-12-5-6-13-9/h8-10H,1-7,11H2. The molecule has 0 radical (unpaired) electrons. The Labute approximate surface area is 89.6 Å². The van der Waals surface area contributed by atoms with E-state index in [1.165, 1.54) is 42.9 Å². The van der Waals surface area contributed by atoms with Gasteiger partial charge in [0.15, 0.2) is 0 Å². The highest BCUT2D eigenvalue weighted by Gasteiger charge is 2.29. The minimum atomic E-state index is 0.486. The van der Waals surface area contributed by atoms with Crippen LogP contribution in [0.25, 0.3) is 0 Å². The smallest absolute Gasteiger partial charge is 0.0292 e. The van der Waals surface area contributed by atoms with Crippen molar-refractivity contribution in [2.75, 3.05) is 17.3 Å². The average Bonchev–Trinajstić information content (AvgIpc) is 2.71. The first-order valence-corrected chi connectivity index (χ1v) is 7.53. The maximum Gasteiger partial charge on any atom is 0.0292 e. The maximum atomic E-state index is 6.32. The number of nitrogens with two attached hydrogens (primary N) is 1. The van der Waals surface area contributed by atoms with Crippen molar-refractivity contribution in [1.29, 1.82) is 0 Å². The van der Waals surface area contributed by atoms with Gasteiger partial charge in [-0.15, -0.1) is 0 Å². The fraction of sp³-hybridized carbons (Fsp3) is 1.00. The normalized spacial score (nSPS) is 33.5. The van der Waals surface area contributed by atoms with Gasteiger partial charge < -0.3 is 5.73 Å². The monoisotopic (exact) mass is 217 g/mol. The number of hydrogen-bond acceptors (Lipinski definition) is 3. The molecule has 1 aliphatic heterocycles. The third-order valence-electron chi connectivity index (χ3n) is 3.22. The lowest BCUT2D eigenvalue weighted by Crippen LogP contribution is -2.41. The molecular formula is C10H19NS2. The Morgan fingerprint density at radius 1 is 1.15 bits per heavy atom. The Bertz CT molecular complexity index is 151. The van der Waals surface area contributed by atoms with Crippen LogP contribution in [-0.2, 0) is 0 Å². The van der Waals surface area contributed by atoms with Crippen molar-refractivity contribution < 1.29 is 0 Å². The summed E-state index contributed by atoms with van der Waals surface area (Å²) in [5, 5.41) is 0.752. The Hall–Kier alpha value is 0.660. The average molecular weight is 217 g/mol. The van der Waals surface area contributed by atoms with Crippen LogP contribution in [-0.4, -0.2) is 28.6 Å². The second-order valence-corrected chi connectivity index (χ2v) is 6.60. The van der Waals surface area contributed by atoms with E-state index in [0.29, 0.717) is 6.04 Å². The molecular weight excluding hydrogens is 198 g/mol. The van der Waals surface area contributed by atoms with Gasteiger partial charge in [0, 0.05) is 28.6 Å². The van der Waals surface area contributed by atoms with Crippen molar-refractivity contribution in [3.05, 3.63) is 0 Å². The molecule has 1 heterocycles. The van der Waals surface area contributed by atoms with Crippen LogP contribution in [0.1, 0.15) is 25.7 Å². The first kappa shape index (κ1) is 10.2. The van der Waals surface area contributed by atoms with Crippen LogP contribution in [0, 0.1) is 5.92 Å². The van der Waals surface area contributed by atoms with Crippen molar-refractivity contribution in [2.45, 2.75) is 37.0 Å². The second-order valence-electron chi connectivity index (χ2n) is 4.11. The van der Waals surface area contributed by atoms with E-state index < -0.39 is 0 Å². The highest BCUT2D eigenvalue weighted by molar-refractivity contribution is 8.06. The predicted octanol–water partition coefficient (Wildman–Crippen LogP) is 2.35. The van der Waals surface area contributed by atoms with Crippen LogP contribution in [0.2, 0.25) is 0 Å². The van der Waals surface area contributed by atoms with Gasteiger partial charge in [-0.2, -0.15) is 23.5 Å². The van der Waals surface area contributed by atoms with Crippen molar-refractivity contribution in [3.8, 4) is 0 Å². The van der Waals surface area contributed by atoms with Crippen LogP contribution >= 0.6 is 23.5 Å². The van der Waals surface area contributed by atoms with E-state index in [1.54, 1.807) is 0 Å². The quantitative estimate of drug-likeness (QED) is 0.769. The highest BCUT2D eigenvalue weighted by Crippen LogP contribution is 2.34. The Kier molecular flexibility index (Phi) is 3.87. The zero-order valence-electron chi connectivity index (χ0n) is 8.08. The first-order valence-electron chi connectivity index (χ1n) is 5.33. The summed E-state index contributed by atoms with van der Waals surface area (Å²) in [6.07, 6.45) is 5.62. The third kappa shape index (κ3) is 2.57. The van der Waals surface area contributed by atoms with Gasteiger partial charge in [0.05, 0.1) is 0 Å². The molecule has 3 heteroatoms. The lowest BCUT2D eigenvalue weighted by molar-refractivity contribution is 0.430. The van der Waals surface area contributed by atoms with Gasteiger partial charge in [0.1, 0.15) is 0 Å². The lowest BCUT2D eigenvalue weighted by Gasteiger charge is -2.30. The van der Waals surface area contributed by atoms with Crippen molar-refractivity contribution in [3.63, 3.8) is 0 Å². The molecule has 1 aliphatic carbocycles. The van der Waals surface area contributed by atoms with Crippen molar-refractivity contribution in [1.82, 2.24) is 0 Å². The van der Waals surface area contributed by atoms with Crippen LogP contribution < -0.4 is 5.73 Å². The molecule has 0 aromatic heterocycles. The molecule has 13 heavy (non-hydrogen) atoms. The molecule has 2 fully saturated rings. The second kappa shape index (κ2) is 4.94. The van der Waals surface area contributed by atoms with Gasteiger partial charge in [-0.25, -0.2) is 0 Å². The SMILES string of the molecule is NC(C1CCCC1)C1CSCCS1. The van der Waals surface area contributed by atoms with Crippen LogP contribution in [0.3, 0.4) is 0 Å². The van der Waals surface area contributed by atoms with Gasteiger partial charge in [0.25, 0.3) is 0 Å². The largest absolute Gasteiger partial charge is 0.326 e. The molecule has 1 nitrogen and oxygen atoms in total. The molecule has 0 aromatic rings. The van der Waals surface area contributed by atoms with Crippen LogP contribution in [0.4, 0.5) is 0 Å². The third-order valence-corrected chi connectivity index (χ3v) is 6.12. The molecule has 2 rings (SSSR count). The topological polar surface area (TPSA) is 26.0 Å². The van der Waals surface area contributed by atoms with E-state index in [0.717, 1.165) is 11.2 Å². The van der Waals surface area contributed by atoms with E-state index in [4.69, 9.17) is 5.73 Å². The zero-order valence-corrected chi connectivity index (χ0v) is 9.71. The Balaban J connectivity index is 1.83. The Morgan fingerprint density at radius 2 is 1.92 bits per heavy atom. The van der Waals surface area contributed by atoms with E-state index in [1.807, 2.05) is 0 Å². The van der Waals surface area contributed by atoms with E-state index in [9.17, 15) is 0 Å². The van der Waals surface area contributed by atoms with Gasteiger partial charge in [0.2, 0.25) is 0 Å². The maximum absolute atomic E-state index is 6.32. The summed E-state index contributed by atoms with van der Waals surface area (Å²) in [5.41, 5.74) is 6.32. The van der Waals surface area contributed by atoms with Gasteiger partial charge in [-0.1, -0.05) is 12.8 Å². The van der Waals surface area contributed by atoms with Crippen LogP contribution in [0.15, 0.2) is 0 Å². The molecule has 0 spiro atoms. The predicted molar refractivity (Wildman–Crippen MR) is 63.5 cm³/mol. The molecule has 0 aromatic carbocycles. The summed E-state index contributed by atoms with van der Waals surface area (Å²) in [6.45, 7) is 0. The van der Waals surface area contributed by atoms with Crippen molar-refractivity contribution >= 4 is 23.5 Å². The fourth-order valence-corrected chi connectivity index (χ4v) is 5.27. The highest BCUT2D eigenvalue weighted by atomic mass is 32.2. The Morgan fingerprint density at radius 3 is 2.54 bits per heavy atom. The molecule has 76 valence electrons. The lowest BCUT2D eigenvalue weighted by atomic mass is 9.97. The molecule has 2 atom stereocenters. The fourth-order valence-electron chi connectivity index (χ4n) is 2.37. The summed E-state index contributed by atoms with van der Waals surface area (Å²) in [7, 11) is 0. The molecule has 0 bridgehead atoms. The molecule has 1 saturated heterocycles. The summed E-state index contributed by atoms with van der Waals surface area (Å²) in [4.78, 5) is 0. The molecule has 0 amide bonds.